The summed E-state index contributed by atoms with van der Waals surface area (Å²) >= 11 is 0. The zero-order valence-electron chi connectivity index (χ0n) is 7.78. The lowest BCUT2D eigenvalue weighted by molar-refractivity contribution is 0.457. The number of nitrogens with one attached hydrogen (secondary N) is 2. The first-order valence-electron chi connectivity index (χ1n) is 4.32. The van der Waals surface area contributed by atoms with Crippen LogP contribution in [0.4, 0.5) is 5.69 Å². The van der Waals surface area contributed by atoms with Crippen molar-refractivity contribution in [2.24, 2.45) is 0 Å². The Bertz CT molecular complexity index is 419. The Balaban J connectivity index is 2.33. The van der Waals surface area contributed by atoms with E-state index in [0.29, 0.717) is 5.82 Å². The second-order valence-corrected chi connectivity index (χ2v) is 2.94. The zero-order chi connectivity index (χ0) is 9.97. The van der Waals surface area contributed by atoms with Crippen LogP contribution in [-0.2, 0) is 0 Å². The lowest BCUT2D eigenvalue weighted by Gasteiger charge is -2.00. The third kappa shape index (κ3) is 1.54. The summed E-state index contributed by atoms with van der Waals surface area (Å²) in [6.07, 6.45) is 1.39. The highest BCUT2D eigenvalue weighted by molar-refractivity contribution is 5.60. The molecule has 0 spiro atoms. The van der Waals surface area contributed by atoms with Crippen molar-refractivity contribution in [3.8, 4) is 17.3 Å². The number of aromatic nitrogens is 2. The minimum Gasteiger partial charge on any atom is -0.493 e. The van der Waals surface area contributed by atoms with Crippen LogP contribution >= 0.6 is 0 Å². The lowest BCUT2D eigenvalue weighted by atomic mass is 10.2. The van der Waals surface area contributed by atoms with Gasteiger partial charge in [0.05, 0.1) is 6.20 Å². The molecular weight excluding hydrogens is 178 g/mol. The Kier molecular flexibility index (Phi) is 2.10. The highest BCUT2D eigenvalue weighted by atomic mass is 16.3. The molecule has 0 aliphatic heterocycles. The predicted molar refractivity (Wildman–Crippen MR) is 55.2 cm³/mol. The molecule has 2 aromatic rings. The van der Waals surface area contributed by atoms with E-state index in [0.717, 1.165) is 11.3 Å². The molecule has 14 heavy (non-hydrogen) atoms. The van der Waals surface area contributed by atoms with E-state index in [2.05, 4.69) is 15.3 Å². The van der Waals surface area contributed by atoms with E-state index in [1.165, 1.54) is 6.20 Å². The van der Waals surface area contributed by atoms with Crippen LogP contribution in [0.5, 0.6) is 5.88 Å². The molecule has 1 aromatic heterocycles. The molecule has 0 saturated heterocycles. The summed E-state index contributed by atoms with van der Waals surface area (Å²) in [4.78, 5) is 6.77. The summed E-state index contributed by atoms with van der Waals surface area (Å²) in [5.74, 6) is 0.753. The van der Waals surface area contributed by atoms with Gasteiger partial charge in [0.1, 0.15) is 5.82 Å². The van der Waals surface area contributed by atoms with Crippen LogP contribution in [0, 0.1) is 0 Å². The van der Waals surface area contributed by atoms with E-state index in [-0.39, 0.29) is 5.88 Å². The van der Waals surface area contributed by atoms with Crippen LogP contribution in [0.2, 0.25) is 0 Å². The molecule has 0 radical (unpaired) electrons. The Morgan fingerprint density at radius 1 is 1.29 bits per heavy atom. The zero-order valence-corrected chi connectivity index (χ0v) is 7.78. The number of nitrogens with zero attached hydrogens (tertiary/aromatic N) is 1. The van der Waals surface area contributed by atoms with Crippen molar-refractivity contribution in [3.63, 3.8) is 0 Å². The maximum absolute atomic E-state index is 9.08. The van der Waals surface area contributed by atoms with Gasteiger partial charge in [-0.3, -0.25) is 0 Å². The summed E-state index contributed by atoms with van der Waals surface area (Å²) < 4.78 is 0. The molecule has 0 saturated carbocycles. The second-order valence-electron chi connectivity index (χ2n) is 2.94. The normalized spacial score (nSPS) is 10.1. The van der Waals surface area contributed by atoms with Crippen LogP contribution in [0.25, 0.3) is 11.4 Å². The number of aromatic hydroxyl groups is 1. The summed E-state index contributed by atoms with van der Waals surface area (Å²) in [7, 11) is 1.87. The van der Waals surface area contributed by atoms with Crippen LogP contribution in [0.3, 0.4) is 0 Å². The molecular formula is C10H11N3O. The third-order valence-corrected chi connectivity index (χ3v) is 2.01. The molecule has 0 unspecified atom stereocenters. The smallest absolute Gasteiger partial charge is 0.208 e. The minimum atomic E-state index is 0.0812. The first-order chi connectivity index (χ1) is 6.79. The van der Waals surface area contributed by atoms with Crippen molar-refractivity contribution in [2.75, 3.05) is 12.4 Å². The molecule has 0 aliphatic rings. The molecule has 3 N–H and O–H groups in total. The number of hydrogen-bond acceptors (Lipinski definition) is 3. The maximum atomic E-state index is 9.08. The van der Waals surface area contributed by atoms with Crippen LogP contribution in [-0.4, -0.2) is 22.1 Å². The molecule has 1 aromatic carbocycles. The largest absolute Gasteiger partial charge is 0.493 e. The quantitative estimate of drug-likeness (QED) is 0.675. The standard InChI is InChI=1S/C10H11N3O/c1-11-8-4-2-7(3-5-8)10-12-6-9(14)13-10/h2-6,11,14H,1H3,(H,12,13). The number of benzene rings is 1. The van der Waals surface area contributed by atoms with Crippen molar-refractivity contribution in [3.05, 3.63) is 30.5 Å². The van der Waals surface area contributed by atoms with Gasteiger partial charge >= 0.3 is 0 Å². The highest BCUT2D eigenvalue weighted by Gasteiger charge is 2.01. The summed E-state index contributed by atoms with van der Waals surface area (Å²) in [5, 5.41) is 12.1. The topological polar surface area (TPSA) is 60.9 Å². The molecule has 0 bridgehead atoms. The fraction of sp³-hybridized carbons (Fsp3) is 0.100. The summed E-state index contributed by atoms with van der Waals surface area (Å²) in [6.45, 7) is 0. The highest BCUT2D eigenvalue weighted by Crippen LogP contribution is 2.19. The predicted octanol–water partition coefficient (Wildman–Crippen LogP) is 1.82. The molecule has 0 atom stereocenters. The number of imidazole rings is 1. The van der Waals surface area contributed by atoms with Crippen molar-refractivity contribution < 1.29 is 5.11 Å². The Labute approximate surface area is 81.6 Å². The molecule has 0 fully saturated rings. The van der Waals surface area contributed by atoms with Gasteiger partial charge in [-0.05, 0) is 24.3 Å². The average Bonchev–Trinajstić information content (AvgIpc) is 2.65. The van der Waals surface area contributed by atoms with Crippen LogP contribution < -0.4 is 5.32 Å². The van der Waals surface area contributed by atoms with Gasteiger partial charge in [0.15, 0.2) is 0 Å². The Morgan fingerprint density at radius 3 is 2.50 bits per heavy atom. The van der Waals surface area contributed by atoms with Gasteiger partial charge in [0, 0.05) is 18.3 Å². The lowest BCUT2D eigenvalue weighted by Crippen LogP contribution is -1.87. The fourth-order valence-electron chi connectivity index (χ4n) is 1.25. The monoisotopic (exact) mass is 189 g/mol. The first-order valence-corrected chi connectivity index (χ1v) is 4.32. The molecule has 4 heteroatoms. The molecule has 0 amide bonds. The van der Waals surface area contributed by atoms with Crippen molar-refractivity contribution in [1.29, 1.82) is 0 Å². The molecule has 0 aliphatic carbocycles. The number of hydrogen-bond donors (Lipinski definition) is 3. The van der Waals surface area contributed by atoms with E-state index in [1.54, 1.807) is 0 Å². The van der Waals surface area contributed by atoms with E-state index >= 15 is 0 Å². The molecule has 72 valence electrons. The SMILES string of the molecule is CNc1ccc(-c2ncc(O)[nH]2)cc1. The summed E-state index contributed by atoms with van der Waals surface area (Å²) in [5.41, 5.74) is 1.99. The second kappa shape index (κ2) is 3.41. The van der Waals surface area contributed by atoms with Gasteiger partial charge in [-0.25, -0.2) is 4.98 Å². The molecule has 2 rings (SSSR count). The Morgan fingerprint density at radius 2 is 2.00 bits per heavy atom. The average molecular weight is 189 g/mol. The molecule has 1 heterocycles. The Hall–Kier alpha value is -1.97. The first kappa shape index (κ1) is 8.62. The van der Waals surface area contributed by atoms with Crippen molar-refractivity contribution in [2.45, 2.75) is 0 Å². The van der Waals surface area contributed by atoms with E-state index in [4.69, 9.17) is 5.11 Å². The number of aromatic amines is 1. The number of rotatable bonds is 2. The number of anilines is 1. The number of H-pyrrole nitrogens is 1. The van der Waals surface area contributed by atoms with Crippen molar-refractivity contribution >= 4 is 5.69 Å². The van der Waals surface area contributed by atoms with Gasteiger partial charge in [-0.1, -0.05) is 0 Å². The van der Waals surface area contributed by atoms with Gasteiger partial charge in [-0.15, -0.1) is 0 Å². The van der Waals surface area contributed by atoms with Gasteiger partial charge < -0.3 is 15.4 Å². The summed E-state index contributed by atoms with van der Waals surface area (Å²) in [6, 6.07) is 7.78. The van der Waals surface area contributed by atoms with Gasteiger partial charge in [-0.2, -0.15) is 0 Å². The van der Waals surface area contributed by atoms with E-state index in [1.807, 2.05) is 31.3 Å². The minimum absolute atomic E-state index is 0.0812. The van der Waals surface area contributed by atoms with Crippen LogP contribution in [0.1, 0.15) is 0 Å². The van der Waals surface area contributed by atoms with E-state index in [9.17, 15) is 0 Å². The van der Waals surface area contributed by atoms with Crippen LogP contribution in [0.15, 0.2) is 30.5 Å². The maximum Gasteiger partial charge on any atom is 0.208 e. The third-order valence-electron chi connectivity index (χ3n) is 2.01. The van der Waals surface area contributed by atoms with Gasteiger partial charge in [0.2, 0.25) is 5.88 Å². The van der Waals surface area contributed by atoms with Crippen molar-refractivity contribution in [1.82, 2.24) is 9.97 Å². The van der Waals surface area contributed by atoms with Gasteiger partial charge in [0.25, 0.3) is 0 Å². The van der Waals surface area contributed by atoms with E-state index < -0.39 is 0 Å². The molecule has 4 nitrogen and oxygen atoms in total. The fourth-order valence-corrected chi connectivity index (χ4v) is 1.25.